The summed E-state index contributed by atoms with van der Waals surface area (Å²) in [6.45, 7) is 2.29. The summed E-state index contributed by atoms with van der Waals surface area (Å²) in [5, 5.41) is 0. The van der Waals surface area contributed by atoms with Crippen LogP contribution in [-0.2, 0) is 16.1 Å². The maximum Gasteiger partial charge on any atom is 0.338 e. The lowest BCUT2D eigenvalue weighted by molar-refractivity contribution is -0.138. The average Bonchev–Trinajstić information content (AvgIpc) is 3.35. The fourth-order valence-electron chi connectivity index (χ4n) is 5.01. The van der Waals surface area contributed by atoms with Gasteiger partial charge in [-0.3, -0.25) is 9.36 Å². The SMILES string of the molecule is CCOC(=O)C1=C(c2ccccc2)N=c2s/c(=C\c3ccc(OCc4ccccc4)c(Br)c3)c(=O)n2[C@@H]1c1ccc(F)cc1. The Morgan fingerprint density at radius 3 is 2.39 bits per heavy atom. The van der Waals surface area contributed by atoms with Gasteiger partial charge in [-0.2, -0.15) is 0 Å². The van der Waals surface area contributed by atoms with Crippen LogP contribution in [0.1, 0.15) is 35.2 Å². The predicted octanol–water partition coefficient (Wildman–Crippen LogP) is 6.42. The highest BCUT2D eigenvalue weighted by Gasteiger charge is 2.35. The molecule has 0 N–H and O–H groups in total. The van der Waals surface area contributed by atoms with E-state index in [1.807, 2.05) is 78.9 Å². The number of hydrogen-bond donors (Lipinski definition) is 0. The summed E-state index contributed by atoms with van der Waals surface area (Å²) < 4.78 is 28.1. The normalized spacial score (nSPS) is 14.6. The maximum atomic E-state index is 14.0. The molecule has 0 aliphatic carbocycles. The van der Waals surface area contributed by atoms with Crippen LogP contribution in [-0.4, -0.2) is 17.1 Å². The van der Waals surface area contributed by atoms with Crippen molar-refractivity contribution < 1.29 is 18.7 Å². The summed E-state index contributed by atoms with van der Waals surface area (Å²) in [6, 6.07) is 29.7. The Morgan fingerprint density at radius 2 is 1.70 bits per heavy atom. The van der Waals surface area contributed by atoms with Gasteiger partial charge in [-0.05, 0) is 69.9 Å². The zero-order valence-corrected chi connectivity index (χ0v) is 26.0. The van der Waals surface area contributed by atoms with Crippen LogP contribution in [0.15, 0.2) is 123 Å². The molecule has 0 amide bonds. The fourth-order valence-corrected chi connectivity index (χ4v) is 6.52. The Balaban J connectivity index is 1.47. The number of nitrogens with zero attached hydrogens (tertiary/aromatic N) is 2. The predicted molar refractivity (Wildman–Crippen MR) is 172 cm³/mol. The van der Waals surface area contributed by atoms with Crippen LogP contribution in [0.25, 0.3) is 11.8 Å². The van der Waals surface area contributed by atoms with Gasteiger partial charge in [-0.25, -0.2) is 14.2 Å². The van der Waals surface area contributed by atoms with Crippen molar-refractivity contribution in [3.05, 3.63) is 161 Å². The standard InChI is InChI=1S/C35H26BrFN2O4S/c1-2-42-34(41)30-31(24-11-7-4-8-12-24)38-35-39(32(30)25-14-16-26(37)17-15-25)33(40)29(44-35)20-23-13-18-28(27(36)19-23)43-21-22-9-5-3-6-10-22/h3-20,32H,2,21H2,1H3/b29-20-/t32-/m1/s1. The second-order valence-corrected chi connectivity index (χ2v) is 11.8. The Bertz CT molecular complexity index is 2040. The number of halogens is 2. The molecule has 5 aromatic rings. The molecule has 0 fully saturated rings. The van der Waals surface area contributed by atoms with Gasteiger partial charge in [0.15, 0.2) is 4.80 Å². The first-order chi connectivity index (χ1) is 21.4. The highest BCUT2D eigenvalue weighted by molar-refractivity contribution is 9.10. The van der Waals surface area contributed by atoms with Gasteiger partial charge >= 0.3 is 5.97 Å². The summed E-state index contributed by atoms with van der Waals surface area (Å²) in [5.41, 5.74) is 3.40. The molecular weight excluding hydrogens is 643 g/mol. The highest BCUT2D eigenvalue weighted by Crippen LogP contribution is 2.35. The molecule has 220 valence electrons. The fraction of sp³-hybridized carbons (Fsp3) is 0.114. The topological polar surface area (TPSA) is 69.9 Å². The third-order valence-corrected chi connectivity index (χ3v) is 8.65. The van der Waals surface area contributed by atoms with E-state index in [9.17, 15) is 14.0 Å². The molecule has 0 saturated heterocycles. The molecule has 4 aromatic carbocycles. The molecule has 44 heavy (non-hydrogen) atoms. The highest BCUT2D eigenvalue weighted by atomic mass is 79.9. The van der Waals surface area contributed by atoms with Gasteiger partial charge in [0.25, 0.3) is 5.56 Å². The average molecular weight is 670 g/mol. The van der Waals surface area contributed by atoms with Crippen LogP contribution in [0.3, 0.4) is 0 Å². The lowest BCUT2D eigenvalue weighted by atomic mass is 9.93. The van der Waals surface area contributed by atoms with Crippen molar-refractivity contribution in [3.8, 4) is 5.75 Å². The van der Waals surface area contributed by atoms with E-state index in [-0.39, 0.29) is 17.7 Å². The lowest BCUT2D eigenvalue weighted by Gasteiger charge is -2.25. The minimum absolute atomic E-state index is 0.144. The maximum absolute atomic E-state index is 14.0. The summed E-state index contributed by atoms with van der Waals surface area (Å²) in [6.07, 6.45) is 1.79. The summed E-state index contributed by atoms with van der Waals surface area (Å²) in [5.74, 6) is -0.336. The number of carbonyl (C=O) groups is 1. The second kappa shape index (κ2) is 13.0. The van der Waals surface area contributed by atoms with Crippen molar-refractivity contribution >= 4 is 45.0 Å². The molecule has 1 aliphatic rings. The molecule has 0 saturated carbocycles. The van der Waals surface area contributed by atoms with Crippen LogP contribution >= 0.6 is 27.3 Å². The number of thiazole rings is 1. The summed E-state index contributed by atoms with van der Waals surface area (Å²) >= 11 is 4.82. The minimum atomic E-state index is -0.872. The van der Waals surface area contributed by atoms with Gasteiger partial charge in [0.1, 0.15) is 18.2 Å². The van der Waals surface area contributed by atoms with Crippen LogP contribution in [0.5, 0.6) is 5.75 Å². The van der Waals surface area contributed by atoms with E-state index >= 15 is 0 Å². The number of hydrogen-bond acceptors (Lipinski definition) is 6. The molecular formula is C35H26BrFN2O4S. The van der Waals surface area contributed by atoms with E-state index in [1.54, 1.807) is 25.1 Å². The third kappa shape index (κ3) is 6.06. The van der Waals surface area contributed by atoms with Gasteiger partial charge in [0.05, 0.1) is 32.9 Å². The Hall–Kier alpha value is -4.60. The molecule has 6 rings (SSSR count). The number of benzene rings is 4. The first kappa shape index (κ1) is 29.5. The number of aromatic nitrogens is 1. The van der Waals surface area contributed by atoms with Crippen LogP contribution < -0.4 is 19.6 Å². The van der Waals surface area contributed by atoms with Gasteiger partial charge in [-0.15, -0.1) is 0 Å². The van der Waals surface area contributed by atoms with Crippen LogP contribution in [0.2, 0.25) is 0 Å². The van der Waals surface area contributed by atoms with E-state index in [1.165, 1.54) is 28.0 Å². The molecule has 0 radical (unpaired) electrons. The largest absolute Gasteiger partial charge is 0.488 e. The van der Waals surface area contributed by atoms with Crippen molar-refractivity contribution in [3.63, 3.8) is 0 Å². The molecule has 1 atom stereocenters. The van der Waals surface area contributed by atoms with Crippen molar-refractivity contribution in [1.82, 2.24) is 4.57 Å². The Kier molecular flexibility index (Phi) is 8.67. The molecule has 2 heterocycles. The summed E-state index contributed by atoms with van der Waals surface area (Å²) in [7, 11) is 0. The van der Waals surface area contributed by atoms with Crippen molar-refractivity contribution in [2.75, 3.05) is 6.61 Å². The minimum Gasteiger partial charge on any atom is -0.488 e. The number of fused-ring (bicyclic) bond motifs is 1. The van der Waals surface area contributed by atoms with Gasteiger partial charge in [0, 0.05) is 5.56 Å². The van der Waals surface area contributed by atoms with E-state index < -0.39 is 17.8 Å². The van der Waals surface area contributed by atoms with E-state index in [0.29, 0.717) is 38.5 Å². The van der Waals surface area contributed by atoms with E-state index in [4.69, 9.17) is 14.5 Å². The Labute approximate surface area is 265 Å². The number of carbonyl (C=O) groups excluding carboxylic acids is 1. The van der Waals surface area contributed by atoms with Crippen LogP contribution in [0.4, 0.5) is 4.39 Å². The monoisotopic (exact) mass is 668 g/mol. The van der Waals surface area contributed by atoms with E-state index in [2.05, 4.69) is 15.9 Å². The van der Waals surface area contributed by atoms with Crippen LogP contribution in [0, 0.1) is 5.82 Å². The number of rotatable bonds is 8. The summed E-state index contributed by atoms with van der Waals surface area (Å²) in [4.78, 5) is 32.8. The van der Waals surface area contributed by atoms with Crippen molar-refractivity contribution in [2.45, 2.75) is 19.6 Å². The van der Waals surface area contributed by atoms with Gasteiger partial charge in [0.2, 0.25) is 0 Å². The van der Waals surface area contributed by atoms with Gasteiger partial charge in [-0.1, -0.05) is 90.2 Å². The van der Waals surface area contributed by atoms with Crippen molar-refractivity contribution in [2.24, 2.45) is 4.99 Å². The quantitative estimate of drug-likeness (QED) is 0.179. The zero-order chi connectivity index (χ0) is 30.6. The lowest BCUT2D eigenvalue weighted by Crippen LogP contribution is -2.40. The van der Waals surface area contributed by atoms with Gasteiger partial charge < -0.3 is 9.47 Å². The molecule has 0 unspecified atom stereocenters. The molecule has 0 spiro atoms. The second-order valence-electron chi connectivity index (χ2n) is 9.95. The number of esters is 1. The smallest absolute Gasteiger partial charge is 0.338 e. The molecule has 1 aromatic heterocycles. The van der Waals surface area contributed by atoms with E-state index in [0.717, 1.165) is 15.6 Å². The first-order valence-corrected chi connectivity index (χ1v) is 15.5. The van der Waals surface area contributed by atoms with Crippen molar-refractivity contribution in [1.29, 1.82) is 0 Å². The third-order valence-electron chi connectivity index (χ3n) is 7.05. The first-order valence-electron chi connectivity index (χ1n) is 13.9. The molecule has 0 bridgehead atoms. The Morgan fingerprint density at radius 1 is 1.00 bits per heavy atom. The number of ether oxygens (including phenoxy) is 2. The molecule has 6 nitrogen and oxygen atoms in total. The molecule has 9 heteroatoms. The molecule has 1 aliphatic heterocycles. The zero-order valence-electron chi connectivity index (χ0n) is 23.6.